The van der Waals surface area contributed by atoms with E-state index in [1.165, 1.54) is 27.4 Å². The molecule has 0 saturated carbocycles. The largest absolute Gasteiger partial charge is 0.493 e. The van der Waals surface area contributed by atoms with Crippen LogP contribution in [-0.2, 0) is 4.79 Å². The van der Waals surface area contributed by atoms with Crippen LogP contribution in [0.4, 0.5) is 5.69 Å². The number of amides is 1. The summed E-state index contributed by atoms with van der Waals surface area (Å²) in [7, 11) is 4.47. The molecule has 26 heavy (non-hydrogen) atoms. The van der Waals surface area contributed by atoms with Crippen molar-refractivity contribution in [3.8, 4) is 23.3 Å². The van der Waals surface area contributed by atoms with Gasteiger partial charge in [0.25, 0.3) is 5.91 Å². The average molecular weight is 373 g/mol. The maximum Gasteiger partial charge on any atom is 0.266 e. The summed E-state index contributed by atoms with van der Waals surface area (Å²) in [5.41, 5.74) is 1.02. The van der Waals surface area contributed by atoms with Crippen molar-refractivity contribution in [2.45, 2.75) is 0 Å². The summed E-state index contributed by atoms with van der Waals surface area (Å²) in [6.45, 7) is 0. The number of hydrogen-bond donors (Lipinski definition) is 1. The molecule has 0 fully saturated rings. The maximum absolute atomic E-state index is 12.3. The van der Waals surface area contributed by atoms with Crippen LogP contribution in [0.1, 0.15) is 5.56 Å². The summed E-state index contributed by atoms with van der Waals surface area (Å²) >= 11 is 5.82. The van der Waals surface area contributed by atoms with Gasteiger partial charge in [-0.3, -0.25) is 4.79 Å². The van der Waals surface area contributed by atoms with E-state index in [-0.39, 0.29) is 5.57 Å². The third-order valence-corrected chi connectivity index (χ3v) is 3.72. The fourth-order valence-electron chi connectivity index (χ4n) is 2.23. The van der Waals surface area contributed by atoms with Crippen LogP contribution in [0.2, 0.25) is 5.02 Å². The molecule has 0 unspecified atom stereocenters. The number of carbonyl (C=O) groups excluding carboxylic acids is 1. The van der Waals surface area contributed by atoms with E-state index in [4.69, 9.17) is 25.8 Å². The molecule has 1 amide bonds. The number of nitrogens with zero attached hydrogens (tertiary/aromatic N) is 1. The highest BCUT2D eigenvalue weighted by Gasteiger charge is 2.15. The number of rotatable bonds is 6. The molecule has 0 aliphatic rings. The molecule has 2 aromatic rings. The fraction of sp³-hybridized carbons (Fsp3) is 0.158. The second-order valence-electron chi connectivity index (χ2n) is 5.09. The monoisotopic (exact) mass is 372 g/mol. The van der Waals surface area contributed by atoms with Gasteiger partial charge < -0.3 is 19.5 Å². The number of ether oxygens (including phenoxy) is 3. The van der Waals surface area contributed by atoms with E-state index in [9.17, 15) is 10.1 Å². The van der Waals surface area contributed by atoms with Crippen molar-refractivity contribution < 1.29 is 19.0 Å². The number of halogens is 1. The van der Waals surface area contributed by atoms with Gasteiger partial charge >= 0.3 is 0 Å². The van der Waals surface area contributed by atoms with Crippen LogP contribution >= 0.6 is 11.6 Å². The number of benzene rings is 2. The smallest absolute Gasteiger partial charge is 0.266 e. The van der Waals surface area contributed by atoms with Crippen molar-refractivity contribution in [1.29, 1.82) is 5.26 Å². The standard InChI is InChI=1S/C19H17ClN2O4/c1-24-16-9-12(10-17(25-2)18(16)26-3)8-13(11-21)19(23)22-15-6-4-14(20)5-7-15/h4-10H,1-3H3,(H,22,23)/b13-8+. The van der Waals surface area contributed by atoms with Crippen LogP contribution in [0, 0.1) is 11.3 Å². The van der Waals surface area contributed by atoms with Crippen molar-refractivity contribution in [1.82, 2.24) is 0 Å². The third kappa shape index (κ3) is 4.47. The highest BCUT2D eigenvalue weighted by Crippen LogP contribution is 2.38. The lowest BCUT2D eigenvalue weighted by Gasteiger charge is -2.13. The second kappa shape index (κ2) is 8.79. The van der Waals surface area contributed by atoms with Crippen molar-refractivity contribution >= 4 is 29.3 Å². The van der Waals surface area contributed by atoms with Crippen LogP contribution in [0.5, 0.6) is 17.2 Å². The molecule has 0 spiro atoms. The first-order valence-electron chi connectivity index (χ1n) is 7.51. The van der Waals surface area contributed by atoms with Gasteiger partial charge in [0.2, 0.25) is 5.75 Å². The van der Waals surface area contributed by atoms with Gasteiger partial charge in [-0.05, 0) is 48.0 Å². The highest BCUT2D eigenvalue weighted by molar-refractivity contribution is 6.30. The average Bonchev–Trinajstić information content (AvgIpc) is 2.66. The summed E-state index contributed by atoms with van der Waals surface area (Å²) in [6, 6.07) is 11.8. The van der Waals surface area contributed by atoms with Crippen LogP contribution in [0.25, 0.3) is 6.08 Å². The first kappa shape index (κ1) is 19.2. The van der Waals surface area contributed by atoms with Crippen molar-refractivity contribution in [2.24, 2.45) is 0 Å². The van der Waals surface area contributed by atoms with Gasteiger partial charge in [0.05, 0.1) is 21.3 Å². The van der Waals surface area contributed by atoms with E-state index in [0.29, 0.717) is 33.5 Å². The molecule has 0 radical (unpaired) electrons. The normalized spacial score (nSPS) is 10.7. The molecule has 134 valence electrons. The van der Waals surface area contributed by atoms with Gasteiger partial charge in [0, 0.05) is 10.7 Å². The molecule has 7 heteroatoms. The Morgan fingerprint density at radius 1 is 1.08 bits per heavy atom. The zero-order chi connectivity index (χ0) is 19.1. The van der Waals surface area contributed by atoms with Gasteiger partial charge in [-0.15, -0.1) is 0 Å². The summed E-state index contributed by atoms with van der Waals surface area (Å²) in [6.07, 6.45) is 1.44. The number of anilines is 1. The number of carbonyl (C=O) groups is 1. The minimum Gasteiger partial charge on any atom is -0.493 e. The topological polar surface area (TPSA) is 80.6 Å². The molecule has 0 aliphatic heterocycles. The Labute approximate surface area is 156 Å². The van der Waals surface area contributed by atoms with Crippen molar-refractivity contribution in [3.05, 3.63) is 52.6 Å². The molecule has 2 rings (SSSR count). The molecular formula is C19H17ClN2O4. The van der Waals surface area contributed by atoms with Gasteiger partial charge in [-0.2, -0.15) is 5.26 Å². The lowest BCUT2D eigenvalue weighted by molar-refractivity contribution is -0.112. The van der Waals surface area contributed by atoms with E-state index in [2.05, 4.69) is 5.32 Å². The number of nitrogens with one attached hydrogen (secondary N) is 1. The molecule has 0 saturated heterocycles. The summed E-state index contributed by atoms with van der Waals surface area (Å²) in [5, 5.41) is 12.5. The first-order chi connectivity index (χ1) is 12.5. The van der Waals surface area contributed by atoms with Gasteiger partial charge in [-0.25, -0.2) is 0 Å². The zero-order valence-electron chi connectivity index (χ0n) is 14.5. The summed E-state index contributed by atoms with van der Waals surface area (Å²) in [5.74, 6) is 0.738. The van der Waals surface area contributed by atoms with Gasteiger partial charge in [0.15, 0.2) is 11.5 Å². The highest BCUT2D eigenvalue weighted by atomic mass is 35.5. The molecule has 1 N–H and O–H groups in total. The molecule has 2 aromatic carbocycles. The Hall–Kier alpha value is -3.17. The Balaban J connectivity index is 2.34. The number of nitriles is 1. The van der Waals surface area contributed by atoms with Crippen molar-refractivity contribution in [2.75, 3.05) is 26.6 Å². The quantitative estimate of drug-likeness (QED) is 0.614. The minimum atomic E-state index is -0.538. The Morgan fingerprint density at radius 2 is 1.65 bits per heavy atom. The van der Waals surface area contributed by atoms with Crippen LogP contribution in [-0.4, -0.2) is 27.2 Å². The van der Waals surface area contributed by atoms with Crippen LogP contribution in [0.15, 0.2) is 42.0 Å². The van der Waals surface area contributed by atoms with E-state index < -0.39 is 5.91 Å². The molecule has 0 atom stereocenters. The lowest BCUT2D eigenvalue weighted by Crippen LogP contribution is -2.13. The maximum atomic E-state index is 12.3. The van der Waals surface area contributed by atoms with Crippen molar-refractivity contribution in [3.63, 3.8) is 0 Å². The molecule has 0 heterocycles. The van der Waals surface area contributed by atoms with Gasteiger partial charge in [0.1, 0.15) is 11.6 Å². The lowest BCUT2D eigenvalue weighted by atomic mass is 10.1. The van der Waals surface area contributed by atoms with E-state index in [0.717, 1.165) is 0 Å². The third-order valence-electron chi connectivity index (χ3n) is 3.47. The predicted octanol–water partition coefficient (Wildman–Crippen LogP) is 3.91. The van der Waals surface area contributed by atoms with Crippen LogP contribution in [0.3, 0.4) is 0 Å². The van der Waals surface area contributed by atoms with E-state index in [1.807, 2.05) is 6.07 Å². The van der Waals surface area contributed by atoms with Crippen LogP contribution < -0.4 is 19.5 Å². The fourth-order valence-corrected chi connectivity index (χ4v) is 2.36. The zero-order valence-corrected chi connectivity index (χ0v) is 15.3. The number of methoxy groups -OCH3 is 3. The Kier molecular flexibility index (Phi) is 6.48. The second-order valence-corrected chi connectivity index (χ2v) is 5.53. The van der Waals surface area contributed by atoms with E-state index >= 15 is 0 Å². The number of hydrogen-bond acceptors (Lipinski definition) is 5. The first-order valence-corrected chi connectivity index (χ1v) is 7.89. The SMILES string of the molecule is COc1cc(/C=C(\C#N)C(=O)Nc2ccc(Cl)cc2)cc(OC)c1OC. The predicted molar refractivity (Wildman–Crippen MR) is 99.8 cm³/mol. The molecule has 0 aliphatic carbocycles. The molecule has 0 aromatic heterocycles. The molecule has 0 bridgehead atoms. The minimum absolute atomic E-state index is 0.0748. The summed E-state index contributed by atoms with van der Waals surface area (Å²) in [4.78, 5) is 12.3. The van der Waals surface area contributed by atoms with E-state index in [1.54, 1.807) is 36.4 Å². The Morgan fingerprint density at radius 3 is 2.12 bits per heavy atom. The molecular weight excluding hydrogens is 356 g/mol. The Bertz CT molecular complexity index is 845. The summed E-state index contributed by atoms with van der Waals surface area (Å²) < 4.78 is 15.8. The molecule has 6 nitrogen and oxygen atoms in total. The van der Waals surface area contributed by atoms with Gasteiger partial charge in [-0.1, -0.05) is 11.6 Å².